The van der Waals surface area contributed by atoms with Crippen LogP contribution in [0.25, 0.3) is 11.1 Å². The fourth-order valence-corrected chi connectivity index (χ4v) is 2.64. The largest absolute Gasteiger partial charge is 0.431 e. The van der Waals surface area contributed by atoms with E-state index in [1.807, 2.05) is 32.0 Å². The third-order valence-electron chi connectivity index (χ3n) is 2.61. The zero-order chi connectivity index (χ0) is 14.7. The number of para-hydroxylation sites is 2. The Morgan fingerprint density at radius 1 is 1.35 bits per heavy atom. The van der Waals surface area contributed by atoms with E-state index in [0.29, 0.717) is 10.8 Å². The van der Waals surface area contributed by atoms with Crippen LogP contribution in [0.4, 0.5) is 4.79 Å². The fourth-order valence-electron chi connectivity index (χ4n) is 1.70. The summed E-state index contributed by atoms with van der Waals surface area (Å²) in [6.07, 6.45) is 0. The normalized spacial score (nSPS) is 12.6. The number of aromatic nitrogens is 1. The molecule has 1 atom stereocenters. The van der Waals surface area contributed by atoms with Gasteiger partial charge in [0.1, 0.15) is 5.52 Å². The van der Waals surface area contributed by atoms with Crippen molar-refractivity contribution in [3.8, 4) is 0 Å². The van der Waals surface area contributed by atoms with Gasteiger partial charge in [-0.1, -0.05) is 37.7 Å². The molecule has 0 saturated heterocycles. The molecule has 3 amide bonds. The first kappa shape index (κ1) is 14.4. The minimum Gasteiger partial charge on any atom is -0.431 e. The highest BCUT2D eigenvalue weighted by atomic mass is 32.2. The number of amides is 3. The lowest BCUT2D eigenvalue weighted by atomic mass is 10.1. The van der Waals surface area contributed by atoms with Crippen molar-refractivity contribution >= 4 is 34.8 Å². The number of nitrogens with zero attached hydrogens (tertiary/aromatic N) is 1. The Morgan fingerprint density at radius 2 is 2.05 bits per heavy atom. The number of urea groups is 1. The van der Waals surface area contributed by atoms with Crippen LogP contribution < -0.4 is 11.1 Å². The molecule has 0 unspecified atom stereocenters. The molecule has 2 rings (SSSR count). The van der Waals surface area contributed by atoms with Gasteiger partial charge in [-0.25, -0.2) is 9.78 Å². The highest BCUT2D eigenvalue weighted by molar-refractivity contribution is 8.00. The number of oxazole rings is 1. The topological polar surface area (TPSA) is 98.2 Å². The van der Waals surface area contributed by atoms with Crippen LogP contribution >= 0.6 is 11.8 Å². The molecule has 3 N–H and O–H groups in total. The van der Waals surface area contributed by atoms with Crippen LogP contribution in [0.3, 0.4) is 0 Å². The molecule has 0 saturated carbocycles. The molecule has 0 bridgehead atoms. The molecule has 7 heteroatoms. The second-order valence-electron chi connectivity index (χ2n) is 4.58. The van der Waals surface area contributed by atoms with Gasteiger partial charge in [0, 0.05) is 0 Å². The van der Waals surface area contributed by atoms with Crippen LogP contribution in [-0.4, -0.2) is 22.2 Å². The maximum Gasteiger partial charge on any atom is 0.318 e. The van der Waals surface area contributed by atoms with E-state index >= 15 is 0 Å². The fraction of sp³-hybridized carbons (Fsp3) is 0.308. The summed E-state index contributed by atoms with van der Waals surface area (Å²) < 4.78 is 5.56. The SMILES string of the molecule is CC(C)[C@H](Sc1nc2ccccc2o1)C(=O)NC(N)=O. The lowest BCUT2D eigenvalue weighted by Crippen LogP contribution is -2.42. The third kappa shape index (κ3) is 3.30. The molecule has 1 aromatic carbocycles. The number of primary amides is 1. The summed E-state index contributed by atoms with van der Waals surface area (Å²) in [7, 11) is 0. The number of carbonyl (C=O) groups excluding carboxylic acids is 2. The van der Waals surface area contributed by atoms with E-state index in [-0.39, 0.29) is 5.92 Å². The zero-order valence-corrected chi connectivity index (χ0v) is 11.9. The predicted molar refractivity (Wildman–Crippen MR) is 76.2 cm³/mol. The van der Waals surface area contributed by atoms with Crippen LogP contribution in [0.2, 0.25) is 0 Å². The molecule has 2 aromatic rings. The van der Waals surface area contributed by atoms with Gasteiger partial charge in [-0.05, 0) is 18.1 Å². The number of nitrogens with one attached hydrogen (secondary N) is 1. The maximum atomic E-state index is 11.9. The van der Waals surface area contributed by atoms with Crippen molar-refractivity contribution in [3.63, 3.8) is 0 Å². The van der Waals surface area contributed by atoms with Crippen molar-refractivity contribution in [2.24, 2.45) is 11.7 Å². The second-order valence-corrected chi connectivity index (χ2v) is 5.68. The Morgan fingerprint density at radius 3 is 2.65 bits per heavy atom. The van der Waals surface area contributed by atoms with Crippen LogP contribution in [-0.2, 0) is 4.79 Å². The van der Waals surface area contributed by atoms with Gasteiger partial charge in [0.25, 0.3) is 5.22 Å². The number of hydrogen-bond donors (Lipinski definition) is 2. The highest BCUT2D eigenvalue weighted by Crippen LogP contribution is 2.30. The quantitative estimate of drug-likeness (QED) is 0.841. The van der Waals surface area contributed by atoms with Crippen molar-refractivity contribution in [1.82, 2.24) is 10.3 Å². The summed E-state index contributed by atoms with van der Waals surface area (Å²) in [5.41, 5.74) is 6.36. The van der Waals surface area contributed by atoms with Gasteiger partial charge in [-0.15, -0.1) is 0 Å². The van der Waals surface area contributed by atoms with E-state index < -0.39 is 17.2 Å². The third-order valence-corrected chi connectivity index (χ3v) is 4.00. The van der Waals surface area contributed by atoms with Crippen LogP contribution in [0, 0.1) is 5.92 Å². The zero-order valence-electron chi connectivity index (χ0n) is 11.1. The van der Waals surface area contributed by atoms with Crippen molar-refractivity contribution in [3.05, 3.63) is 24.3 Å². The van der Waals surface area contributed by atoms with E-state index in [0.717, 1.165) is 5.52 Å². The van der Waals surface area contributed by atoms with Crippen LogP contribution in [0.15, 0.2) is 33.9 Å². The number of thioether (sulfide) groups is 1. The van der Waals surface area contributed by atoms with Crippen molar-refractivity contribution in [2.75, 3.05) is 0 Å². The monoisotopic (exact) mass is 293 g/mol. The first-order valence-electron chi connectivity index (χ1n) is 6.10. The van der Waals surface area contributed by atoms with E-state index in [4.69, 9.17) is 10.2 Å². The highest BCUT2D eigenvalue weighted by Gasteiger charge is 2.26. The number of carbonyl (C=O) groups is 2. The van der Waals surface area contributed by atoms with Gasteiger partial charge in [-0.3, -0.25) is 10.1 Å². The number of fused-ring (bicyclic) bond motifs is 1. The molecule has 0 spiro atoms. The molecule has 0 radical (unpaired) electrons. The molecule has 1 aromatic heterocycles. The molecule has 106 valence electrons. The molecule has 1 heterocycles. The Kier molecular flexibility index (Phi) is 4.29. The van der Waals surface area contributed by atoms with E-state index in [1.165, 1.54) is 11.8 Å². The lowest BCUT2D eigenvalue weighted by Gasteiger charge is -2.16. The number of nitrogens with two attached hydrogens (primary N) is 1. The number of rotatable bonds is 4. The van der Waals surface area contributed by atoms with E-state index in [2.05, 4.69) is 10.3 Å². The van der Waals surface area contributed by atoms with Crippen LogP contribution in [0.5, 0.6) is 0 Å². The number of imide groups is 1. The van der Waals surface area contributed by atoms with Gasteiger partial charge in [0.15, 0.2) is 5.58 Å². The first-order valence-corrected chi connectivity index (χ1v) is 6.98. The van der Waals surface area contributed by atoms with Gasteiger partial charge in [-0.2, -0.15) is 0 Å². The lowest BCUT2D eigenvalue weighted by molar-refractivity contribution is -0.120. The Balaban J connectivity index is 2.19. The summed E-state index contributed by atoms with van der Waals surface area (Å²) in [4.78, 5) is 27.0. The standard InChI is InChI=1S/C13H15N3O3S/c1-7(2)10(11(17)16-12(14)18)20-13-15-8-5-3-4-6-9(8)19-13/h3-7,10H,1-2H3,(H3,14,16,17,18)/t10-/m0/s1. The van der Waals surface area contributed by atoms with Crippen molar-refractivity contribution in [2.45, 2.75) is 24.3 Å². The molecular formula is C13H15N3O3S. The van der Waals surface area contributed by atoms with Gasteiger partial charge >= 0.3 is 6.03 Å². The summed E-state index contributed by atoms with van der Waals surface area (Å²) in [5, 5.41) is 1.98. The number of benzene rings is 1. The maximum absolute atomic E-state index is 11.9. The molecule has 0 aliphatic carbocycles. The van der Waals surface area contributed by atoms with Crippen LogP contribution in [0.1, 0.15) is 13.8 Å². The Bertz CT molecular complexity index is 606. The van der Waals surface area contributed by atoms with E-state index in [9.17, 15) is 9.59 Å². The summed E-state index contributed by atoms with van der Waals surface area (Å²) in [6.45, 7) is 3.75. The van der Waals surface area contributed by atoms with Gasteiger partial charge in [0.05, 0.1) is 5.25 Å². The van der Waals surface area contributed by atoms with E-state index in [1.54, 1.807) is 6.07 Å². The minimum absolute atomic E-state index is 0.00522. The molecule has 20 heavy (non-hydrogen) atoms. The molecule has 0 fully saturated rings. The van der Waals surface area contributed by atoms with Crippen molar-refractivity contribution in [1.29, 1.82) is 0 Å². The minimum atomic E-state index is -0.862. The summed E-state index contributed by atoms with van der Waals surface area (Å²) in [5.74, 6) is -0.450. The molecule has 0 aliphatic rings. The van der Waals surface area contributed by atoms with Gasteiger partial charge < -0.3 is 10.2 Å². The Hall–Kier alpha value is -2.02. The second kappa shape index (κ2) is 5.96. The summed E-state index contributed by atoms with van der Waals surface area (Å²) in [6, 6.07) is 6.48. The Labute approximate surface area is 120 Å². The smallest absolute Gasteiger partial charge is 0.318 e. The molecule has 0 aliphatic heterocycles. The van der Waals surface area contributed by atoms with Gasteiger partial charge in [0.2, 0.25) is 5.91 Å². The van der Waals surface area contributed by atoms with Crippen molar-refractivity contribution < 1.29 is 14.0 Å². The molecule has 6 nitrogen and oxygen atoms in total. The number of hydrogen-bond acceptors (Lipinski definition) is 5. The predicted octanol–water partition coefficient (Wildman–Crippen LogP) is 2.14. The molecular weight excluding hydrogens is 278 g/mol. The summed E-state index contributed by atoms with van der Waals surface area (Å²) >= 11 is 1.18. The first-order chi connectivity index (χ1) is 9.47. The average molecular weight is 293 g/mol. The average Bonchev–Trinajstić information content (AvgIpc) is 2.76.